The Morgan fingerprint density at radius 1 is 0.972 bits per heavy atom. The molecular formula is C27H28N8O. The van der Waals surface area contributed by atoms with E-state index in [9.17, 15) is 5.11 Å². The van der Waals surface area contributed by atoms with Gasteiger partial charge in [-0.3, -0.25) is 10.1 Å². The summed E-state index contributed by atoms with van der Waals surface area (Å²) < 4.78 is 0. The Balaban J connectivity index is 1.25. The number of anilines is 2. The molecule has 7 rings (SSSR count). The summed E-state index contributed by atoms with van der Waals surface area (Å²) in [7, 11) is 0. The number of aromatic amines is 2. The van der Waals surface area contributed by atoms with E-state index in [1.54, 1.807) is 6.20 Å². The van der Waals surface area contributed by atoms with E-state index < -0.39 is 6.23 Å². The molecular weight excluding hydrogens is 452 g/mol. The van der Waals surface area contributed by atoms with Crippen molar-refractivity contribution in [2.24, 2.45) is 5.92 Å². The van der Waals surface area contributed by atoms with Gasteiger partial charge >= 0.3 is 0 Å². The normalized spacial score (nSPS) is 17.1. The van der Waals surface area contributed by atoms with Crippen LogP contribution in [0.3, 0.4) is 0 Å². The zero-order chi connectivity index (χ0) is 24.1. The fourth-order valence-electron chi connectivity index (χ4n) is 5.17. The van der Waals surface area contributed by atoms with Crippen molar-refractivity contribution < 1.29 is 5.11 Å². The monoisotopic (exact) mass is 480 g/mol. The van der Waals surface area contributed by atoms with Crippen molar-refractivity contribution in [1.29, 1.82) is 0 Å². The molecule has 0 bridgehead atoms. The van der Waals surface area contributed by atoms with E-state index in [2.05, 4.69) is 47.5 Å². The number of pyridine rings is 3. The van der Waals surface area contributed by atoms with Crippen molar-refractivity contribution >= 4 is 33.4 Å². The molecule has 1 unspecified atom stereocenters. The van der Waals surface area contributed by atoms with E-state index in [1.165, 1.54) is 19.3 Å². The first-order valence-corrected chi connectivity index (χ1v) is 12.7. The Hall–Kier alpha value is -3.98. The first-order valence-electron chi connectivity index (χ1n) is 12.7. The number of nitrogens with zero attached hydrogens (tertiary/aromatic N) is 5. The van der Waals surface area contributed by atoms with Gasteiger partial charge in [-0.15, -0.1) is 0 Å². The van der Waals surface area contributed by atoms with Crippen LogP contribution in [0.2, 0.25) is 0 Å². The molecule has 1 aliphatic carbocycles. The summed E-state index contributed by atoms with van der Waals surface area (Å²) in [5, 5.41) is 23.2. The van der Waals surface area contributed by atoms with Crippen molar-refractivity contribution in [2.45, 2.75) is 38.3 Å². The predicted molar refractivity (Wildman–Crippen MR) is 141 cm³/mol. The summed E-state index contributed by atoms with van der Waals surface area (Å²) in [6.07, 6.45) is 12.6. The van der Waals surface area contributed by atoms with E-state index in [0.29, 0.717) is 5.92 Å². The SMILES string of the molecule is OC(Nc1cncc(-c2cnc3[nH]nc(-c4cc5c(N6CCCCC6)nccc5[nH]4)c3c2)c1)C1CC1. The van der Waals surface area contributed by atoms with Crippen LogP contribution in [0.25, 0.3) is 44.5 Å². The number of aliphatic hydroxyl groups is 1. The van der Waals surface area contributed by atoms with Crippen LogP contribution in [-0.2, 0) is 0 Å². The zero-order valence-electron chi connectivity index (χ0n) is 19.9. The lowest BCUT2D eigenvalue weighted by Crippen LogP contribution is -2.30. The average Bonchev–Trinajstić information content (AvgIpc) is 3.55. The Bertz CT molecular complexity index is 1550. The molecule has 5 aromatic rings. The van der Waals surface area contributed by atoms with Gasteiger partial charge in [0.2, 0.25) is 0 Å². The predicted octanol–water partition coefficient (Wildman–Crippen LogP) is 4.69. The van der Waals surface area contributed by atoms with Crippen molar-refractivity contribution in [2.75, 3.05) is 23.3 Å². The van der Waals surface area contributed by atoms with Crippen LogP contribution in [0.5, 0.6) is 0 Å². The molecule has 1 aliphatic heterocycles. The topological polar surface area (TPSA) is 119 Å². The van der Waals surface area contributed by atoms with Gasteiger partial charge in [-0.2, -0.15) is 5.10 Å². The molecule has 9 nitrogen and oxygen atoms in total. The molecule has 9 heteroatoms. The molecule has 0 amide bonds. The van der Waals surface area contributed by atoms with Crippen LogP contribution < -0.4 is 10.2 Å². The third kappa shape index (κ3) is 3.85. The fourth-order valence-corrected chi connectivity index (χ4v) is 5.17. The lowest BCUT2D eigenvalue weighted by molar-refractivity contribution is 0.180. The number of hydrogen-bond acceptors (Lipinski definition) is 7. The first kappa shape index (κ1) is 21.3. The van der Waals surface area contributed by atoms with Crippen LogP contribution in [0, 0.1) is 5.92 Å². The molecule has 4 N–H and O–H groups in total. The second-order valence-corrected chi connectivity index (χ2v) is 9.91. The van der Waals surface area contributed by atoms with Crippen molar-refractivity contribution in [3.63, 3.8) is 0 Å². The average molecular weight is 481 g/mol. The standard InChI is InChI=1S/C27H28N8O/c36-27(16-4-5-16)31-19-10-17(13-28-15-19)18-11-21-24(33-34-25(21)30-14-18)23-12-20-22(32-23)6-7-29-26(20)35-8-2-1-3-9-35/h6-7,10-16,27,31-32,36H,1-5,8-9H2,(H,30,33,34). The van der Waals surface area contributed by atoms with E-state index in [-0.39, 0.29) is 0 Å². The minimum atomic E-state index is -0.533. The van der Waals surface area contributed by atoms with Gasteiger partial charge in [0.15, 0.2) is 5.65 Å². The van der Waals surface area contributed by atoms with Crippen LogP contribution >= 0.6 is 0 Å². The first-order chi connectivity index (χ1) is 17.7. The summed E-state index contributed by atoms with van der Waals surface area (Å²) in [5.41, 5.74) is 6.21. The lowest BCUT2D eigenvalue weighted by atomic mass is 10.1. The van der Waals surface area contributed by atoms with Gasteiger partial charge in [-0.05, 0) is 56.4 Å². The molecule has 1 saturated carbocycles. The Kier molecular flexibility index (Phi) is 5.09. The Labute approximate surface area is 208 Å². The smallest absolute Gasteiger partial charge is 0.155 e. The van der Waals surface area contributed by atoms with Crippen molar-refractivity contribution in [3.8, 4) is 22.5 Å². The minimum absolute atomic E-state index is 0.335. The summed E-state index contributed by atoms with van der Waals surface area (Å²) >= 11 is 0. The third-order valence-electron chi connectivity index (χ3n) is 7.31. The van der Waals surface area contributed by atoms with Gasteiger partial charge in [0, 0.05) is 59.5 Å². The van der Waals surface area contributed by atoms with Gasteiger partial charge in [-0.25, -0.2) is 9.97 Å². The molecule has 0 aromatic carbocycles. The molecule has 1 atom stereocenters. The maximum atomic E-state index is 10.3. The summed E-state index contributed by atoms with van der Waals surface area (Å²) in [6.45, 7) is 2.09. The number of aliphatic hydroxyl groups excluding tert-OH is 1. The van der Waals surface area contributed by atoms with E-state index in [0.717, 1.165) is 81.9 Å². The quantitative estimate of drug-likeness (QED) is 0.260. The van der Waals surface area contributed by atoms with Crippen LogP contribution in [-0.4, -0.2) is 54.6 Å². The number of rotatable bonds is 6. The van der Waals surface area contributed by atoms with Gasteiger partial charge in [0.05, 0.1) is 23.1 Å². The van der Waals surface area contributed by atoms with E-state index in [4.69, 9.17) is 4.98 Å². The maximum Gasteiger partial charge on any atom is 0.155 e. The molecule has 6 heterocycles. The van der Waals surface area contributed by atoms with Crippen LogP contribution in [0.4, 0.5) is 11.5 Å². The molecule has 2 fully saturated rings. The van der Waals surface area contributed by atoms with Crippen molar-refractivity contribution in [1.82, 2.24) is 30.1 Å². The molecule has 0 radical (unpaired) electrons. The Morgan fingerprint density at radius 3 is 2.69 bits per heavy atom. The van der Waals surface area contributed by atoms with Crippen LogP contribution in [0.1, 0.15) is 32.1 Å². The number of piperidine rings is 1. The maximum absolute atomic E-state index is 10.3. The minimum Gasteiger partial charge on any atom is -0.374 e. The third-order valence-corrected chi connectivity index (χ3v) is 7.31. The molecule has 182 valence electrons. The fraction of sp³-hybridized carbons (Fsp3) is 0.333. The largest absolute Gasteiger partial charge is 0.374 e. The molecule has 1 saturated heterocycles. The molecule has 2 aliphatic rings. The van der Waals surface area contributed by atoms with E-state index >= 15 is 0 Å². The van der Waals surface area contributed by atoms with Gasteiger partial charge in [0.25, 0.3) is 0 Å². The van der Waals surface area contributed by atoms with Gasteiger partial charge < -0.3 is 20.3 Å². The molecule has 5 aromatic heterocycles. The highest BCUT2D eigenvalue weighted by Crippen LogP contribution is 2.35. The second-order valence-electron chi connectivity index (χ2n) is 9.91. The van der Waals surface area contributed by atoms with E-state index in [1.807, 2.05) is 30.7 Å². The highest BCUT2D eigenvalue weighted by molar-refractivity contribution is 5.99. The summed E-state index contributed by atoms with van der Waals surface area (Å²) in [6, 6.07) is 8.26. The lowest BCUT2D eigenvalue weighted by Gasteiger charge is -2.28. The number of H-pyrrole nitrogens is 2. The number of aromatic nitrogens is 6. The highest BCUT2D eigenvalue weighted by atomic mass is 16.3. The molecule has 36 heavy (non-hydrogen) atoms. The summed E-state index contributed by atoms with van der Waals surface area (Å²) in [5.74, 6) is 1.37. The molecule has 0 spiro atoms. The van der Waals surface area contributed by atoms with Gasteiger partial charge in [0.1, 0.15) is 17.7 Å². The zero-order valence-corrected chi connectivity index (χ0v) is 19.9. The second kappa shape index (κ2) is 8.60. The number of nitrogens with one attached hydrogen (secondary N) is 3. The number of hydrogen-bond donors (Lipinski definition) is 4. The van der Waals surface area contributed by atoms with Crippen molar-refractivity contribution in [3.05, 3.63) is 49.1 Å². The number of fused-ring (bicyclic) bond motifs is 2. The van der Waals surface area contributed by atoms with Gasteiger partial charge in [-0.1, -0.05) is 0 Å². The Morgan fingerprint density at radius 2 is 1.83 bits per heavy atom. The van der Waals surface area contributed by atoms with Crippen LogP contribution in [0.15, 0.2) is 49.1 Å². The highest BCUT2D eigenvalue weighted by Gasteiger charge is 2.29. The summed E-state index contributed by atoms with van der Waals surface area (Å²) in [4.78, 5) is 19.7.